The standard InChI is InChI=1S/C17H29NO3/c1-12-4-2-3-5-13(12)10-20-11-14(19)9-18-16-8-15-6-7-17(16)21-15/h2-3,12-19H,4-11H2,1H3. The highest BCUT2D eigenvalue weighted by Gasteiger charge is 2.40. The Morgan fingerprint density at radius 1 is 1.33 bits per heavy atom. The number of allylic oxidation sites excluding steroid dienone is 2. The first-order valence-electron chi connectivity index (χ1n) is 8.52. The zero-order chi connectivity index (χ0) is 14.7. The number of nitrogens with one attached hydrogen (secondary N) is 1. The smallest absolute Gasteiger partial charge is 0.0897 e. The van der Waals surface area contributed by atoms with E-state index in [4.69, 9.17) is 9.47 Å². The van der Waals surface area contributed by atoms with E-state index in [2.05, 4.69) is 24.4 Å². The first-order chi connectivity index (χ1) is 10.2. The average Bonchev–Trinajstić information content (AvgIpc) is 3.10. The van der Waals surface area contributed by atoms with Gasteiger partial charge in [-0.15, -0.1) is 0 Å². The van der Waals surface area contributed by atoms with Crippen LogP contribution in [0.15, 0.2) is 12.2 Å². The Kier molecular flexibility index (Phi) is 5.33. The Hall–Kier alpha value is -0.420. The summed E-state index contributed by atoms with van der Waals surface area (Å²) in [5.41, 5.74) is 0. The third-order valence-electron chi connectivity index (χ3n) is 5.28. The number of aliphatic hydroxyl groups excluding tert-OH is 1. The maximum atomic E-state index is 10.0. The van der Waals surface area contributed by atoms with E-state index in [1.165, 1.54) is 12.8 Å². The van der Waals surface area contributed by atoms with Crippen molar-refractivity contribution in [3.63, 3.8) is 0 Å². The van der Waals surface area contributed by atoms with Crippen LogP contribution in [-0.2, 0) is 9.47 Å². The summed E-state index contributed by atoms with van der Waals surface area (Å²) < 4.78 is 11.5. The summed E-state index contributed by atoms with van der Waals surface area (Å²) in [7, 11) is 0. The molecule has 3 rings (SSSR count). The molecule has 2 N–H and O–H groups in total. The molecule has 4 heteroatoms. The second-order valence-corrected chi connectivity index (χ2v) is 7.00. The van der Waals surface area contributed by atoms with Gasteiger partial charge in [0.25, 0.3) is 0 Å². The van der Waals surface area contributed by atoms with E-state index in [1.807, 2.05) is 0 Å². The third kappa shape index (κ3) is 4.07. The van der Waals surface area contributed by atoms with Gasteiger partial charge < -0.3 is 19.9 Å². The van der Waals surface area contributed by atoms with Crippen molar-refractivity contribution >= 4 is 0 Å². The summed E-state index contributed by atoms with van der Waals surface area (Å²) in [5, 5.41) is 13.5. The molecule has 120 valence electrons. The molecule has 3 aliphatic rings. The van der Waals surface area contributed by atoms with Crippen LogP contribution < -0.4 is 5.32 Å². The number of aliphatic hydroxyl groups is 1. The number of hydrogen-bond acceptors (Lipinski definition) is 4. The van der Waals surface area contributed by atoms with Gasteiger partial charge in [-0.25, -0.2) is 0 Å². The van der Waals surface area contributed by atoms with Crippen molar-refractivity contribution in [2.45, 2.75) is 63.4 Å². The molecule has 2 bridgehead atoms. The van der Waals surface area contributed by atoms with Gasteiger partial charge in [0.2, 0.25) is 0 Å². The molecule has 0 aromatic carbocycles. The molecule has 2 heterocycles. The highest BCUT2D eigenvalue weighted by molar-refractivity contribution is 4.94. The molecule has 0 spiro atoms. The predicted octanol–water partition coefficient (Wildman–Crippen LogP) is 1.88. The van der Waals surface area contributed by atoms with Crippen molar-refractivity contribution in [2.24, 2.45) is 11.8 Å². The number of hydrogen-bond donors (Lipinski definition) is 2. The van der Waals surface area contributed by atoms with Gasteiger partial charge in [0.05, 0.1) is 31.5 Å². The Labute approximate surface area is 127 Å². The lowest BCUT2D eigenvalue weighted by Gasteiger charge is -2.26. The van der Waals surface area contributed by atoms with Crippen LogP contribution in [0.25, 0.3) is 0 Å². The van der Waals surface area contributed by atoms with Gasteiger partial charge in [0, 0.05) is 12.6 Å². The first kappa shape index (κ1) is 15.5. The quantitative estimate of drug-likeness (QED) is 0.704. The zero-order valence-corrected chi connectivity index (χ0v) is 13.0. The van der Waals surface area contributed by atoms with Gasteiger partial charge in [-0.2, -0.15) is 0 Å². The topological polar surface area (TPSA) is 50.7 Å². The number of fused-ring (bicyclic) bond motifs is 2. The lowest BCUT2D eigenvalue weighted by Crippen LogP contribution is -2.42. The molecule has 6 atom stereocenters. The van der Waals surface area contributed by atoms with E-state index in [0.717, 1.165) is 25.9 Å². The Bertz CT molecular complexity index is 360. The second-order valence-electron chi connectivity index (χ2n) is 7.00. The molecule has 0 amide bonds. The molecule has 0 radical (unpaired) electrons. The normalized spacial score (nSPS) is 39.8. The van der Waals surface area contributed by atoms with Gasteiger partial charge in [-0.05, 0) is 43.9 Å². The molecular weight excluding hydrogens is 266 g/mol. The summed E-state index contributed by atoms with van der Waals surface area (Å²) in [4.78, 5) is 0. The molecule has 0 aromatic rings. The van der Waals surface area contributed by atoms with Crippen LogP contribution in [0.1, 0.15) is 39.0 Å². The van der Waals surface area contributed by atoms with Crippen molar-refractivity contribution < 1.29 is 14.6 Å². The lowest BCUT2D eigenvalue weighted by atomic mass is 9.85. The highest BCUT2D eigenvalue weighted by atomic mass is 16.5. The molecule has 21 heavy (non-hydrogen) atoms. The SMILES string of the molecule is CC1CC=CCC1COCC(O)CNC1CC2CCC1O2. The molecule has 6 unspecified atom stereocenters. The summed E-state index contributed by atoms with van der Waals surface area (Å²) in [6.45, 7) is 4.09. The van der Waals surface area contributed by atoms with Gasteiger partial charge in [0.1, 0.15) is 0 Å². The summed E-state index contributed by atoms with van der Waals surface area (Å²) >= 11 is 0. The van der Waals surface area contributed by atoms with E-state index >= 15 is 0 Å². The van der Waals surface area contributed by atoms with E-state index in [-0.39, 0.29) is 0 Å². The van der Waals surface area contributed by atoms with Crippen LogP contribution in [0.4, 0.5) is 0 Å². The zero-order valence-electron chi connectivity index (χ0n) is 13.0. The summed E-state index contributed by atoms with van der Waals surface area (Å²) in [6, 6.07) is 0.432. The van der Waals surface area contributed by atoms with E-state index in [1.54, 1.807) is 0 Å². The van der Waals surface area contributed by atoms with Crippen molar-refractivity contribution in [1.82, 2.24) is 5.32 Å². The van der Waals surface area contributed by atoms with Crippen LogP contribution in [0, 0.1) is 11.8 Å². The van der Waals surface area contributed by atoms with Crippen molar-refractivity contribution in [1.29, 1.82) is 0 Å². The van der Waals surface area contributed by atoms with Crippen molar-refractivity contribution in [3.05, 3.63) is 12.2 Å². The fraction of sp³-hybridized carbons (Fsp3) is 0.882. The lowest BCUT2D eigenvalue weighted by molar-refractivity contribution is 0.0108. The number of rotatable bonds is 7. The largest absolute Gasteiger partial charge is 0.389 e. The molecule has 2 aliphatic heterocycles. The molecule has 0 aromatic heterocycles. The molecule has 4 nitrogen and oxygen atoms in total. The third-order valence-corrected chi connectivity index (χ3v) is 5.28. The van der Waals surface area contributed by atoms with Crippen LogP contribution in [0.3, 0.4) is 0 Å². The van der Waals surface area contributed by atoms with E-state index in [0.29, 0.717) is 43.2 Å². The molecular formula is C17H29NO3. The van der Waals surface area contributed by atoms with Gasteiger partial charge in [-0.1, -0.05) is 19.1 Å². The maximum Gasteiger partial charge on any atom is 0.0897 e. The second kappa shape index (κ2) is 7.23. The van der Waals surface area contributed by atoms with Gasteiger partial charge >= 0.3 is 0 Å². The minimum Gasteiger partial charge on any atom is -0.389 e. The minimum atomic E-state index is -0.418. The fourth-order valence-corrected chi connectivity index (χ4v) is 3.79. The maximum absolute atomic E-state index is 10.0. The van der Waals surface area contributed by atoms with Crippen LogP contribution in [-0.4, -0.2) is 49.2 Å². The first-order valence-corrected chi connectivity index (χ1v) is 8.52. The molecule has 0 saturated carbocycles. The predicted molar refractivity (Wildman–Crippen MR) is 82.2 cm³/mol. The highest BCUT2D eigenvalue weighted by Crippen LogP contribution is 2.34. The Morgan fingerprint density at radius 3 is 2.90 bits per heavy atom. The molecule has 2 saturated heterocycles. The van der Waals surface area contributed by atoms with Crippen molar-refractivity contribution in [3.8, 4) is 0 Å². The van der Waals surface area contributed by atoms with Crippen molar-refractivity contribution in [2.75, 3.05) is 19.8 Å². The number of ether oxygens (including phenoxy) is 2. The van der Waals surface area contributed by atoms with Gasteiger partial charge in [0.15, 0.2) is 0 Å². The fourth-order valence-electron chi connectivity index (χ4n) is 3.79. The molecule has 1 aliphatic carbocycles. The summed E-state index contributed by atoms with van der Waals surface area (Å²) in [5.74, 6) is 1.30. The van der Waals surface area contributed by atoms with E-state index in [9.17, 15) is 5.11 Å². The Balaban J connectivity index is 1.28. The minimum absolute atomic E-state index is 0.373. The van der Waals surface area contributed by atoms with Crippen LogP contribution in [0.5, 0.6) is 0 Å². The summed E-state index contributed by atoms with van der Waals surface area (Å²) in [6.07, 6.45) is 10.7. The Morgan fingerprint density at radius 2 is 2.19 bits per heavy atom. The van der Waals surface area contributed by atoms with Crippen LogP contribution in [0.2, 0.25) is 0 Å². The average molecular weight is 295 g/mol. The molecule has 2 fully saturated rings. The van der Waals surface area contributed by atoms with Crippen LogP contribution >= 0.6 is 0 Å². The van der Waals surface area contributed by atoms with Gasteiger partial charge in [-0.3, -0.25) is 0 Å². The monoisotopic (exact) mass is 295 g/mol. The van der Waals surface area contributed by atoms with E-state index < -0.39 is 6.10 Å².